The van der Waals surface area contributed by atoms with Gasteiger partial charge in [0.25, 0.3) is 0 Å². The normalized spacial score (nSPS) is 13.8. The van der Waals surface area contributed by atoms with Gasteiger partial charge in [-0.3, -0.25) is 0 Å². The van der Waals surface area contributed by atoms with E-state index in [1.165, 1.54) is 6.92 Å². The van der Waals surface area contributed by atoms with Gasteiger partial charge < -0.3 is 15.2 Å². The summed E-state index contributed by atoms with van der Waals surface area (Å²) in [6.45, 7) is 1.05. The van der Waals surface area contributed by atoms with Crippen LogP contribution in [0.15, 0.2) is 24.3 Å². The molecule has 4 nitrogen and oxygen atoms in total. The van der Waals surface area contributed by atoms with Gasteiger partial charge in [-0.15, -0.1) is 0 Å². The van der Waals surface area contributed by atoms with Crippen LogP contribution < -0.4 is 10.5 Å². The van der Waals surface area contributed by atoms with Crippen LogP contribution in [0.2, 0.25) is 0 Å². The van der Waals surface area contributed by atoms with Crippen LogP contribution in [0.1, 0.15) is 18.5 Å². The molecule has 0 amide bonds. The van der Waals surface area contributed by atoms with Crippen LogP contribution in [0.25, 0.3) is 0 Å². The lowest BCUT2D eigenvalue weighted by Gasteiger charge is -2.22. The summed E-state index contributed by atoms with van der Waals surface area (Å²) in [6.07, 6.45) is -8.78. The number of nitrogens with two attached hydrogens (primary N) is 1. The molecular weight excluding hydrogens is 332 g/mol. The van der Waals surface area contributed by atoms with Gasteiger partial charge in [-0.25, -0.2) is 4.79 Å². The van der Waals surface area contributed by atoms with E-state index < -0.39 is 36.2 Å². The third-order valence-electron chi connectivity index (χ3n) is 2.69. The molecule has 1 aromatic carbocycles. The molecule has 10 heteroatoms. The Balaban J connectivity index is 2.90. The molecule has 1 rings (SSSR count). The summed E-state index contributed by atoms with van der Waals surface area (Å²) in [6, 6.07) is 1.12. The van der Waals surface area contributed by atoms with Gasteiger partial charge in [0.15, 0.2) is 0 Å². The van der Waals surface area contributed by atoms with Gasteiger partial charge in [0.1, 0.15) is 11.8 Å². The summed E-state index contributed by atoms with van der Waals surface area (Å²) in [5.41, 5.74) is 4.97. The molecule has 0 bridgehead atoms. The number of hydrogen-bond acceptors (Lipinski definition) is 4. The van der Waals surface area contributed by atoms with Crippen molar-refractivity contribution in [1.82, 2.24) is 0 Å². The third-order valence-corrected chi connectivity index (χ3v) is 2.69. The van der Waals surface area contributed by atoms with E-state index in [-0.39, 0.29) is 12.2 Å². The van der Waals surface area contributed by atoms with E-state index in [1.807, 2.05) is 0 Å². The van der Waals surface area contributed by atoms with E-state index in [1.54, 1.807) is 0 Å². The second-order valence-electron chi connectivity index (χ2n) is 4.35. The maximum Gasteiger partial charge on any atom is 0.461 e. The Morgan fingerprint density at radius 1 is 1.17 bits per heavy atom. The number of halogens is 6. The molecule has 2 N–H and O–H groups in total. The van der Waals surface area contributed by atoms with Gasteiger partial charge >= 0.3 is 24.4 Å². The molecule has 0 aliphatic heterocycles. The summed E-state index contributed by atoms with van der Waals surface area (Å²) in [7, 11) is 0. The van der Waals surface area contributed by atoms with Crippen LogP contribution in [0.4, 0.5) is 26.3 Å². The van der Waals surface area contributed by atoms with Crippen molar-refractivity contribution in [3.05, 3.63) is 29.8 Å². The fourth-order valence-electron chi connectivity index (χ4n) is 1.51. The zero-order valence-corrected chi connectivity index (χ0v) is 11.7. The molecule has 0 unspecified atom stereocenters. The summed E-state index contributed by atoms with van der Waals surface area (Å²) in [5, 5.41) is 0. The highest BCUT2D eigenvalue weighted by atomic mass is 19.3. The van der Waals surface area contributed by atoms with Crippen molar-refractivity contribution in [2.45, 2.75) is 31.4 Å². The number of alkyl halides is 6. The monoisotopic (exact) mass is 345 g/mol. The van der Waals surface area contributed by atoms with Crippen LogP contribution >= 0.6 is 0 Å². The second-order valence-corrected chi connectivity index (χ2v) is 4.35. The second kappa shape index (κ2) is 7.07. The Kier molecular flexibility index (Phi) is 5.86. The van der Waals surface area contributed by atoms with Crippen molar-refractivity contribution < 1.29 is 40.6 Å². The van der Waals surface area contributed by atoms with E-state index in [9.17, 15) is 31.1 Å². The van der Waals surface area contributed by atoms with Gasteiger partial charge in [0, 0.05) is 0 Å². The molecule has 0 spiro atoms. The van der Waals surface area contributed by atoms with Crippen LogP contribution in [-0.4, -0.2) is 31.0 Å². The highest BCUT2D eigenvalue weighted by Crippen LogP contribution is 2.33. The maximum absolute atomic E-state index is 13.7. The van der Waals surface area contributed by atoms with E-state index in [0.29, 0.717) is 0 Å². The Morgan fingerprint density at radius 2 is 1.70 bits per heavy atom. The van der Waals surface area contributed by atoms with Crippen LogP contribution in [0.3, 0.4) is 0 Å². The average molecular weight is 345 g/mol. The van der Waals surface area contributed by atoms with E-state index in [4.69, 9.17) is 5.73 Å². The Morgan fingerprint density at radius 3 is 2.13 bits per heavy atom. The van der Waals surface area contributed by atoms with Gasteiger partial charge in [-0.05, 0) is 24.6 Å². The van der Waals surface area contributed by atoms with E-state index in [2.05, 4.69) is 9.47 Å². The fraction of sp³-hybridized carbons (Fsp3) is 0.462. The molecule has 0 aliphatic rings. The molecule has 23 heavy (non-hydrogen) atoms. The zero-order chi connectivity index (χ0) is 17.8. The zero-order valence-electron chi connectivity index (χ0n) is 11.7. The molecule has 0 aliphatic carbocycles. The first-order valence-corrected chi connectivity index (χ1v) is 6.28. The van der Waals surface area contributed by atoms with Crippen LogP contribution in [0, 0.1) is 0 Å². The summed E-state index contributed by atoms with van der Waals surface area (Å²) < 4.78 is 84.7. The van der Waals surface area contributed by atoms with Crippen molar-refractivity contribution in [3.8, 4) is 5.75 Å². The molecule has 0 saturated carbocycles. The minimum absolute atomic E-state index is 0.281. The van der Waals surface area contributed by atoms with Crippen LogP contribution in [0.5, 0.6) is 5.75 Å². The maximum atomic E-state index is 13.7. The molecule has 1 aromatic rings. The van der Waals surface area contributed by atoms with Crippen molar-refractivity contribution in [2.24, 2.45) is 5.73 Å². The average Bonchev–Trinajstić information content (AvgIpc) is 2.47. The third kappa shape index (κ3) is 4.50. The lowest BCUT2D eigenvalue weighted by atomic mass is 10.0. The summed E-state index contributed by atoms with van der Waals surface area (Å²) in [5.74, 6) is -6.56. The molecule has 0 aromatic heterocycles. The van der Waals surface area contributed by atoms with Crippen molar-refractivity contribution in [2.75, 3.05) is 6.61 Å². The minimum Gasteiger partial charge on any atom is -0.462 e. The molecule has 0 heterocycles. The molecular formula is C13H13F6NO3. The van der Waals surface area contributed by atoms with Gasteiger partial charge in [0.2, 0.25) is 0 Å². The number of carbonyl (C=O) groups excluding carboxylic acids is 1. The molecule has 130 valence electrons. The van der Waals surface area contributed by atoms with Crippen molar-refractivity contribution in [1.29, 1.82) is 0 Å². The minimum atomic E-state index is -4.72. The summed E-state index contributed by atoms with van der Waals surface area (Å²) in [4.78, 5) is 11.1. The SMILES string of the molecule is CCOC(=O)C(F)(F)[C@@H](N)c1ccc(OC(F)(F)C(F)F)cc1. The first-order chi connectivity index (χ1) is 10.5. The fourth-order valence-corrected chi connectivity index (χ4v) is 1.51. The first kappa shape index (κ1) is 19.1. The topological polar surface area (TPSA) is 61.5 Å². The number of ether oxygens (including phenoxy) is 2. The summed E-state index contributed by atoms with van der Waals surface area (Å²) >= 11 is 0. The Hall–Kier alpha value is -1.97. The quantitative estimate of drug-likeness (QED) is 0.609. The largest absolute Gasteiger partial charge is 0.462 e. The predicted molar refractivity (Wildman–Crippen MR) is 66.5 cm³/mol. The predicted octanol–water partition coefficient (Wildman–Crippen LogP) is 3.12. The number of rotatable bonds is 7. The molecule has 1 atom stereocenters. The van der Waals surface area contributed by atoms with Gasteiger partial charge in [-0.2, -0.15) is 26.3 Å². The highest BCUT2D eigenvalue weighted by Gasteiger charge is 2.48. The van der Waals surface area contributed by atoms with Crippen molar-refractivity contribution >= 4 is 5.97 Å². The van der Waals surface area contributed by atoms with E-state index in [0.717, 1.165) is 24.3 Å². The van der Waals surface area contributed by atoms with Gasteiger partial charge in [0.05, 0.1) is 6.61 Å². The smallest absolute Gasteiger partial charge is 0.461 e. The highest BCUT2D eigenvalue weighted by molar-refractivity contribution is 5.78. The lowest BCUT2D eigenvalue weighted by Crippen LogP contribution is -2.41. The number of carbonyl (C=O) groups is 1. The number of esters is 1. The molecule has 0 saturated heterocycles. The Bertz CT molecular complexity index is 535. The lowest BCUT2D eigenvalue weighted by molar-refractivity contribution is -0.253. The Labute approximate surface area is 127 Å². The number of hydrogen-bond donors (Lipinski definition) is 1. The van der Waals surface area contributed by atoms with Gasteiger partial charge in [-0.1, -0.05) is 12.1 Å². The van der Waals surface area contributed by atoms with E-state index >= 15 is 0 Å². The number of benzene rings is 1. The van der Waals surface area contributed by atoms with Crippen molar-refractivity contribution in [3.63, 3.8) is 0 Å². The first-order valence-electron chi connectivity index (χ1n) is 6.28. The molecule has 0 radical (unpaired) electrons. The standard InChI is InChI=1S/C13H13F6NO3/c1-2-22-11(21)12(16,17)9(20)7-3-5-8(6-4-7)23-13(18,19)10(14)15/h3-6,9-10H,2,20H2,1H3/t9-/m0/s1. The molecule has 0 fully saturated rings. The van der Waals surface area contributed by atoms with Crippen LogP contribution in [-0.2, 0) is 9.53 Å².